The van der Waals surface area contributed by atoms with Gasteiger partial charge >= 0.3 is 0 Å². The Balaban J connectivity index is 1.44. The number of phenols is 1. The molecule has 1 N–H and O–H groups in total. The van der Waals surface area contributed by atoms with E-state index in [9.17, 15) is 18.3 Å². The molecule has 4 aromatic carbocycles. The van der Waals surface area contributed by atoms with E-state index in [-0.39, 0.29) is 23.7 Å². The Hall–Kier alpha value is -3.57. The molecule has 0 spiro atoms. The average Bonchev–Trinajstić information content (AvgIpc) is 2.85. The molecule has 0 amide bonds. The van der Waals surface area contributed by atoms with Gasteiger partial charge in [-0.15, -0.1) is 0 Å². The summed E-state index contributed by atoms with van der Waals surface area (Å²) < 4.78 is 49.0. The van der Waals surface area contributed by atoms with E-state index in [2.05, 4.69) is 0 Å². The summed E-state index contributed by atoms with van der Waals surface area (Å²) in [7, 11) is 0. The van der Waals surface area contributed by atoms with Gasteiger partial charge in [-0.3, -0.25) is 0 Å². The standard InChI is InChI=1S/C29H25F3O2/c1-2-34-18-24-10-9-23(17-27(24)30)20-6-3-19(4-7-20)5-8-22-13-16-26(29(32)28(22)31)21-11-14-25(33)15-12-21/h3-4,6-7,9-17,33H,2,5,8,18H2,1H3. The highest BCUT2D eigenvalue weighted by atomic mass is 19.2. The molecular weight excluding hydrogens is 437 g/mol. The predicted molar refractivity (Wildman–Crippen MR) is 128 cm³/mol. The van der Waals surface area contributed by atoms with Crippen molar-refractivity contribution in [1.82, 2.24) is 0 Å². The summed E-state index contributed by atoms with van der Waals surface area (Å²) in [6, 6.07) is 21.9. The van der Waals surface area contributed by atoms with Gasteiger partial charge in [0.25, 0.3) is 0 Å². The Bertz CT molecular complexity index is 1270. The molecule has 0 bridgehead atoms. The molecule has 5 heteroatoms. The molecule has 0 saturated carbocycles. The maximum atomic E-state index is 14.7. The van der Waals surface area contributed by atoms with Crippen molar-refractivity contribution in [1.29, 1.82) is 0 Å². The van der Waals surface area contributed by atoms with Crippen LogP contribution in [0.4, 0.5) is 13.2 Å². The van der Waals surface area contributed by atoms with Gasteiger partial charge in [-0.2, -0.15) is 0 Å². The molecule has 2 nitrogen and oxygen atoms in total. The summed E-state index contributed by atoms with van der Waals surface area (Å²) in [5, 5.41) is 9.39. The summed E-state index contributed by atoms with van der Waals surface area (Å²) in [6.07, 6.45) is 0.884. The normalized spacial score (nSPS) is 11.1. The van der Waals surface area contributed by atoms with E-state index in [4.69, 9.17) is 4.74 Å². The minimum Gasteiger partial charge on any atom is -0.508 e. The van der Waals surface area contributed by atoms with Crippen molar-refractivity contribution >= 4 is 0 Å². The van der Waals surface area contributed by atoms with E-state index >= 15 is 0 Å². The zero-order chi connectivity index (χ0) is 24.1. The van der Waals surface area contributed by atoms with Gasteiger partial charge in [-0.1, -0.05) is 60.7 Å². The van der Waals surface area contributed by atoms with Crippen LogP contribution in [0.5, 0.6) is 5.75 Å². The molecule has 174 valence electrons. The lowest BCUT2D eigenvalue weighted by Crippen LogP contribution is -2.00. The number of halogens is 3. The van der Waals surface area contributed by atoms with Crippen molar-refractivity contribution in [2.75, 3.05) is 6.61 Å². The topological polar surface area (TPSA) is 29.5 Å². The molecule has 0 atom stereocenters. The van der Waals surface area contributed by atoms with Crippen molar-refractivity contribution in [2.24, 2.45) is 0 Å². The highest BCUT2D eigenvalue weighted by Gasteiger charge is 2.15. The Morgan fingerprint density at radius 1 is 0.676 bits per heavy atom. The molecule has 0 saturated heterocycles. The van der Waals surface area contributed by atoms with Crippen molar-refractivity contribution in [3.63, 3.8) is 0 Å². The van der Waals surface area contributed by atoms with Crippen LogP contribution in [0, 0.1) is 17.5 Å². The number of hydrogen-bond donors (Lipinski definition) is 1. The van der Waals surface area contributed by atoms with Crippen LogP contribution >= 0.6 is 0 Å². The number of ether oxygens (including phenoxy) is 1. The molecule has 4 rings (SSSR count). The molecule has 0 unspecified atom stereocenters. The fourth-order valence-corrected chi connectivity index (χ4v) is 3.85. The quantitative estimate of drug-likeness (QED) is 0.294. The number of benzene rings is 4. The molecular formula is C29H25F3O2. The number of rotatable bonds is 8. The molecule has 34 heavy (non-hydrogen) atoms. The van der Waals surface area contributed by atoms with E-state index in [1.807, 2.05) is 37.3 Å². The van der Waals surface area contributed by atoms with Crippen molar-refractivity contribution in [3.05, 3.63) is 113 Å². The second-order valence-electron chi connectivity index (χ2n) is 8.09. The van der Waals surface area contributed by atoms with Gasteiger partial charge in [0.15, 0.2) is 11.6 Å². The number of hydrogen-bond acceptors (Lipinski definition) is 2. The van der Waals surface area contributed by atoms with E-state index in [0.29, 0.717) is 36.1 Å². The van der Waals surface area contributed by atoms with Crippen LogP contribution < -0.4 is 0 Å². The van der Waals surface area contributed by atoms with Crippen LogP contribution in [0.25, 0.3) is 22.3 Å². The summed E-state index contributed by atoms with van der Waals surface area (Å²) in [4.78, 5) is 0. The lowest BCUT2D eigenvalue weighted by molar-refractivity contribution is 0.131. The van der Waals surface area contributed by atoms with Crippen molar-refractivity contribution < 1.29 is 23.0 Å². The molecule has 0 heterocycles. The number of phenolic OH excluding ortho intramolecular Hbond substituents is 1. The predicted octanol–water partition coefficient (Wildman–Crippen LogP) is 7.47. The Morgan fingerprint density at radius 2 is 1.32 bits per heavy atom. The maximum absolute atomic E-state index is 14.7. The first kappa shape index (κ1) is 23.6. The van der Waals surface area contributed by atoms with Crippen molar-refractivity contribution in [2.45, 2.75) is 26.4 Å². The Labute approximate surface area is 197 Å². The Morgan fingerprint density at radius 3 is 2.00 bits per heavy atom. The Kier molecular flexibility index (Phi) is 7.33. The maximum Gasteiger partial charge on any atom is 0.166 e. The minimum absolute atomic E-state index is 0.0657. The van der Waals surface area contributed by atoms with Gasteiger partial charge in [0.1, 0.15) is 11.6 Å². The summed E-state index contributed by atoms with van der Waals surface area (Å²) in [5.41, 5.74) is 4.09. The molecule has 0 aliphatic carbocycles. The monoisotopic (exact) mass is 462 g/mol. The average molecular weight is 463 g/mol. The fourth-order valence-electron chi connectivity index (χ4n) is 3.85. The third kappa shape index (κ3) is 5.32. The SMILES string of the molecule is CCOCc1ccc(-c2ccc(CCc3ccc(-c4ccc(O)cc4)c(F)c3F)cc2)cc1F. The van der Waals surface area contributed by atoms with E-state index in [1.165, 1.54) is 18.2 Å². The number of aryl methyl sites for hydroxylation is 2. The lowest BCUT2D eigenvalue weighted by Gasteiger charge is -2.10. The van der Waals surface area contributed by atoms with Crippen LogP contribution in [-0.2, 0) is 24.2 Å². The molecule has 0 aliphatic rings. The first-order valence-corrected chi connectivity index (χ1v) is 11.2. The highest BCUT2D eigenvalue weighted by molar-refractivity contribution is 5.66. The molecule has 4 aromatic rings. The van der Waals surface area contributed by atoms with E-state index < -0.39 is 11.6 Å². The lowest BCUT2D eigenvalue weighted by atomic mass is 9.97. The van der Waals surface area contributed by atoms with Crippen molar-refractivity contribution in [3.8, 4) is 28.0 Å². The van der Waals surface area contributed by atoms with E-state index in [1.54, 1.807) is 30.3 Å². The third-order valence-corrected chi connectivity index (χ3v) is 5.83. The summed E-state index contributed by atoms with van der Waals surface area (Å²) >= 11 is 0. The van der Waals surface area contributed by atoms with E-state index in [0.717, 1.165) is 16.7 Å². The van der Waals surface area contributed by atoms with Gasteiger partial charge in [-0.25, -0.2) is 13.2 Å². The number of aromatic hydroxyl groups is 1. The second kappa shape index (κ2) is 10.6. The van der Waals surface area contributed by atoms with Gasteiger partial charge in [-0.05, 0) is 65.8 Å². The van der Waals surface area contributed by atoms with Gasteiger partial charge < -0.3 is 9.84 Å². The zero-order valence-corrected chi connectivity index (χ0v) is 18.8. The molecule has 0 aromatic heterocycles. The molecule has 0 aliphatic heterocycles. The zero-order valence-electron chi connectivity index (χ0n) is 18.8. The smallest absolute Gasteiger partial charge is 0.166 e. The van der Waals surface area contributed by atoms with Crippen LogP contribution in [0.3, 0.4) is 0 Å². The first-order valence-electron chi connectivity index (χ1n) is 11.2. The summed E-state index contributed by atoms with van der Waals surface area (Å²) in [5.74, 6) is -1.99. The first-order chi connectivity index (χ1) is 16.5. The van der Waals surface area contributed by atoms with Gasteiger partial charge in [0, 0.05) is 17.7 Å². The van der Waals surface area contributed by atoms with Crippen LogP contribution in [0.1, 0.15) is 23.6 Å². The van der Waals surface area contributed by atoms with Crippen LogP contribution in [0.15, 0.2) is 78.9 Å². The second-order valence-corrected chi connectivity index (χ2v) is 8.09. The van der Waals surface area contributed by atoms with Gasteiger partial charge in [0.05, 0.1) is 6.61 Å². The third-order valence-electron chi connectivity index (χ3n) is 5.83. The largest absolute Gasteiger partial charge is 0.508 e. The summed E-state index contributed by atoms with van der Waals surface area (Å²) in [6.45, 7) is 2.64. The fraction of sp³-hybridized carbons (Fsp3) is 0.172. The molecule has 0 radical (unpaired) electrons. The highest BCUT2D eigenvalue weighted by Crippen LogP contribution is 2.29. The molecule has 0 fully saturated rings. The van der Waals surface area contributed by atoms with Gasteiger partial charge in [0.2, 0.25) is 0 Å². The van der Waals surface area contributed by atoms with Crippen LogP contribution in [-0.4, -0.2) is 11.7 Å². The van der Waals surface area contributed by atoms with Crippen LogP contribution in [0.2, 0.25) is 0 Å². The minimum atomic E-state index is -0.895.